The lowest BCUT2D eigenvalue weighted by molar-refractivity contribution is -0.129. The molecule has 0 aliphatic rings. The number of amides is 2. The second-order valence-corrected chi connectivity index (χ2v) is 8.07. The number of nitrogens with one attached hydrogen (secondary N) is 3. The number of hydrogen-bond acceptors (Lipinski definition) is 5. The number of ketones is 1. The average molecular weight is 408 g/mol. The van der Waals surface area contributed by atoms with Gasteiger partial charge in [-0.1, -0.05) is 32.9 Å². The number of benzene rings is 1. The number of Topliss-reactive ketones (excluding diaryl/α,β-unsaturated/α-hetero) is 1. The van der Waals surface area contributed by atoms with Crippen LogP contribution in [0, 0.1) is 5.92 Å². The van der Waals surface area contributed by atoms with Crippen molar-refractivity contribution in [3.63, 3.8) is 0 Å². The quantitative estimate of drug-likeness (QED) is 0.495. The Balaban J connectivity index is 2.86. The van der Waals surface area contributed by atoms with E-state index in [1.54, 1.807) is 30.8 Å². The molecule has 0 bridgehead atoms. The van der Waals surface area contributed by atoms with Crippen molar-refractivity contribution in [2.24, 2.45) is 5.92 Å². The van der Waals surface area contributed by atoms with Gasteiger partial charge in [-0.3, -0.25) is 14.4 Å². The van der Waals surface area contributed by atoms with Crippen molar-refractivity contribution in [3.8, 4) is 0 Å². The fraction of sp³-hybridized carbons (Fsp3) is 0.571. The van der Waals surface area contributed by atoms with E-state index in [4.69, 9.17) is 0 Å². The van der Waals surface area contributed by atoms with Gasteiger partial charge in [0.05, 0.1) is 6.04 Å². The summed E-state index contributed by atoms with van der Waals surface area (Å²) < 4.78 is 0. The van der Waals surface area contributed by atoms with Crippen LogP contribution in [-0.4, -0.2) is 48.7 Å². The van der Waals surface area contributed by atoms with Crippen molar-refractivity contribution in [1.29, 1.82) is 0 Å². The first-order chi connectivity index (χ1) is 13.3. The van der Waals surface area contributed by atoms with E-state index in [2.05, 4.69) is 16.0 Å². The molecule has 0 fully saturated rings. The van der Waals surface area contributed by atoms with Gasteiger partial charge in [-0.05, 0) is 49.1 Å². The van der Waals surface area contributed by atoms with Gasteiger partial charge in [0.25, 0.3) is 5.91 Å². The maximum atomic E-state index is 12.8. The normalized spacial score (nSPS) is 13.1. The van der Waals surface area contributed by atoms with Crippen molar-refractivity contribution in [1.82, 2.24) is 16.0 Å². The molecule has 6 nitrogen and oxygen atoms in total. The molecule has 0 saturated heterocycles. The van der Waals surface area contributed by atoms with Crippen LogP contribution in [0.2, 0.25) is 0 Å². The van der Waals surface area contributed by atoms with E-state index in [0.717, 1.165) is 17.9 Å². The van der Waals surface area contributed by atoms with Gasteiger partial charge in [0.15, 0.2) is 5.78 Å². The Hall–Kier alpha value is -1.86. The van der Waals surface area contributed by atoms with Gasteiger partial charge in [-0.25, -0.2) is 0 Å². The second-order valence-electron chi connectivity index (χ2n) is 7.08. The van der Waals surface area contributed by atoms with Crippen molar-refractivity contribution >= 4 is 29.4 Å². The summed E-state index contributed by atoms with van der Waals surface area (Å²) in [5.41, 5.74) is 1.58. The Morgan fingerprint density at radius 3 is 2.21 bits per heavy atom. The summed E-state index contributed by atoms with van der Waals surface area (Å²) in [6.07, 6.45) is 2.82. The lowest BCUT2D eigenvalue weighted by atomic mass is 9.97. The number of hydrogen-bond donors (Lipinski definition) is 3. The Morgan fingerprint density at radius 2 is 1.71 bits per heavy atom. The van der Waals surface area contributed by atoms with Crippen molar-refractivity contribution in [2.75, 3.05) is 19.1 Å². The number of carbonyl (C=O) groups excluding carboxylic acids is 3. The fourth-order valence-corrected chi connectivity index (χ4v) is 3.29. The molecule has 0 spiro atoms. The van der Waals surface area contributed by atoms with Gasteiger partial charge in [0, 0.05) is 18.5 Å². The minimum atomic E-state index is -0.678. The molecule has 7 heteroatoms. The minimum Gasteiger partial charge on any atom is -0.344 e. The van der Waals surface area contributed by atoms with Crippen LogP contribution in [0.3, 0.4) is 0 Å². The Morgan fingerprint density at radius 1 is 1.07 bits per heavy atom. The molecule has 0 aromatic heterocycles. The van der Waals surface area contributed by atoms with Crippen LogP contribution in [-0.2, 0) is 16.1 Å². The molecule has 0 saturated carbocycles. The molecule has 2 amide bonds. The standard InChI is InChI=1S/C21H33N3O3S/c1-6-18(25)19(14(2)3)24-21(27)17(11-12-28-5)23-20(26)16-9-7-15(8-10-16)13-22-4/h7-10,14,17,19,22H,6,11-13H2,1-5H3,(H,23,26)(H,24,27). The Bertz CT molecular complexity index is 647. The summed E-state index contributed by atoms with van der Waals surface area (Å²) in [5.74, 6) is 0.120. The van der Waals surface area contributed by atoms with Crippen molar-refractivity contribution < 1.29 is 14.4 Å². The monoisotopic (exact) mass is 407 g/mol. The third-order valence-corrected chi connectivity index (χ3v) is 5.13. The zero-order valence-electron chi connectivity index (χ0n) is 17.5. The number of carbonyl (C=O) groups is 3. The summed E-state index contributed by atoms with van der Waals surface area (Å²) in [7, 11) is 1.86. The van der Waals surface area contributed by atoms with Crippen LogP contribution in [0.5, 0.6) is 0 Å². The van der Waals surface area contributed by atoms with Gasteiger partial charge in [-0.2, -0.15) is 11.8 Å². The van der Waals surface area contributed by atoms with Crippen LogP contribution in [0.4, 0.5) is 0 Å². The topological polar surface area (TPSA) is 87.3 Å². The minimum absolute atomic E-state index is 0.00147. The first-order valence-electron chi connectivity index (χ1n) is 9.70. The van der Waals surface area contributed by atoms with E-state index < -0.39 is 12.1 Å². The molecule has 156 valence electrons. The van der Waals surface area contributed by atoms with Crippen molar-refractivity contribution in [3.05, 3.63) is 35.4 Å². The zero-order valence-corrected chi connectivity index (χ0v) is 18.3. The molecule has 1 aromatic carbocycles. The SMILES string of the molecule is CCC(=O)C(NC(=O)C(CCSC)NC(=O)c1ccc(CNC)cc1)C(C)C. The molecule has 0 radical (unpaired) electrons. The molecule has 0 heterocycles. The smallest absolute Gasteiger partial charge is 0.251 e. The highest BCUT2D eigenvalue weighted by molar-refractivity contribution is 7.98. The molecule has 0 aliphatic carbocycles. The highest BCUT2D eigenvalue weighted by Gasteiger charge is 2.27. The zero-order chi connectivity index (χ0) is 21.1. The van der Waals surface area contributed by atoms with Crippen molar-refractivity contribution in [2.45, 2.75) is 52.2 Å². The predicted octanol–water partition coefficient (Wildman–Crippen LogP) is 2.38. The molecular formula is C21H33N3O3S. The third kappa shape index (κ3) is 7.64. The Labute approximate surface area is 172 Å². The average Bonchev–Trinajstić information content (AvgIpc) is 2.68. The predicted molar refractivity (Wildman–Crippen MR) is 116 cm³/mol. The molecule has 28 heavy (non-hydrogen) atoms. The fourth-order valence-electron chi connectivity index (χ4n) is 2.82. The van der Waals surface area contributed by atoms with E-state index in [0.29, 0.717) is 18.4 Å². The molecule has 0 aliphatic heterocycles. The first kappa shape index (κ1) is 24.2. The van der Waals surface area contributed by atoms with E-state index >= 15 is 0 Å². The summed E-state index contributed by atoms with van der Waals surface area (Å²) in [5, 5.41) is 8.73. The van der Waals surface area contributed by atoms with Gasteiger partial charge in [0.1, 0.15) is 6.04 Å². The summed E-state index contributed by atoms with van der Waals surface area (Å²) in [6.45, 7) is 6.32. The second kappa shape index (κ2) is 12.6. The van der Waals surface area contributed by atoms with Gasteiger partial charge < -0.3 is 16.0 Å². The highest BCUT2D eigenvalue weighted by atomic mass is 32.2. The lowest BCUT2D eigenvalue weighted by Crippen LogP contribution is -2.53. The molecule has 1 rings (SSSR count). The first-order valence-corrected chi connectivity index (χ1v) is 11.1. The maximum Gasteiger partial charge on any atom is 0.251 e. The van der Waals surface area contributed by atoms with Crippen LogP contribution in [0.1, 0.15) is 49.5 Å². The summed E-state index contributed by atoms with van der Waals surface area (Å²) in [4.78, 5) is 37.6. The maximum absolute atomic E-state index is 12.8. The Kier molecular flexibility index (Phi) is 10.9. The van der Waals surface area contributed by atoms with E-state index in [9.17, 15) is 14.4 Å². The highest BCUT2D eigenvalue weighted by Crippen LogP contribution is 2.09. The van der Waals surface area contributed by atoms with Crippen LogP contribution < -0.4 is 16.0 Å². The molecule has 2 atom stereocenters. The summed E-state index contributed by atoms with van der Waals surface area (Å²) >= 11 is 1.61. The lowest BCUT2D eigenvalue weighted by Gasteiger charge is -2.25. The van der Waals surface area contributed by atoms with E-state index in [-0.39, 0.29) is 23.5 Å². The number of thioether (sulfide) groups is 1. The molecule has 2 unspecified atom stereocenters. The number of rotatable bonds is 12. The van der Waals surface area contributed by atoms with Crippen LogP contribution in [0.15, 0.2) is 24.3 Å². The van der Waals surface area contributed by atoms with Gasteiger partial charge >= 0.3 is 0 Å². The molecule has 3 N–H and O–H groups in total. The summed E-state index contributed by atoms with van der Waals surface area (Å²) in [6, 6.07) is 6.07. The van der Waals surface area contributed by atoms with Gasteiger partial charge in [-0.15, -0.1) is 0 Å². The molecule has 1 aromatic rings. The van der Waals surface area contributed by atoms with Gasteiger partial charge in [0.2, 0.25) is 5.91 Å². The van der Waals surface area contributed by atoms with Crippen LogP contribution >= 0.6 is 11.8 Å². The van der Waals surface area contributed by atoms with E-state index in [1.807, 2.05) is 39.3 Å². The van der Waals surface area contributed by atoms with Crippen LogP contribution in [0.25, 0.3) is 0 Å². The largest absolute Gasteiger partial charge is 0.344 e. The third-order valence-electron chi connectivity index (χ3n) is 4.49. The van der Waals surface area contributed by atoms with E-state index in [1.165, 1.54) is 0 Å². The molecular weight excluding hydrogens is 374 g/mol.